The van der Waals surface area contributed by atoms with Crippen molar-refractivity contribution in [3.05, 3.63) is 35.9 Å². The Bertz CT molecular complexity index is 456. The predicted octanol–water partition coefficient (Wildman–Crippen LogP) is 2.45. The highest BCUT2D eigenvalue weighted by Crippen LogP contribution is 2.28. The van der Waals surface area contributed by atoms with Crippen molar-refractivity contribution >= 4 is 11.6 Å². The molecule has 1 aromatic rings. The van der Waals surface area contributed by atoms with Crippen LogP contribution in [-0.2, 0) is 4.79 Å². The molecule has 0 bridgehead atoms. The largest absolute Gasteiger partial charge is 0.411 e. The Kier molecular flexibility index (Phi) is 3.65. The summed E-state index contributed by atoms with van der Waals surface area (Å²) in [5.41, 5.74) is 1.76. The van der Waals surface area contributed by atoms with Crippen molar-refractivity contribution in [3.63, 3.8) is 0 Å². The van der Waals surface area contributed by atoms with Crippen LogP contribution in [0.15, 0.2) is 35.5 Å². The van der Waals surface area contributed by atoms with Gasteiger partial charge in [-0.2, -0.15) is 0 Å². The summed E-state index contributed by atoms with van der Waals surface area (Å²) in [6.45, 7) is 4.42. The highest BCUT2D eigenvalue weighted by Gasteiger charge is 2.34. The Morgan fingerprint density at radius 2 is 2.11 bits per heavy atom. The fraction of sp³-hybridized carbons (Fsp3) is 0.429. The van der Waals surface area contributed by atoms with Gasteiger partial charge in [-0.25, -0.2) is 0 Å². The Morgan fingerprint density at radius 3 is 2.72 bits per heavy atom. The van der Waals surface area contributed by atoms with Gasteiger partial charge in [0.05, 0.1) is 11.8 Å². The molecule has 0 spiro atoms. The van der Waals surface area contributed by atoms with Crippen LogP contribution in [0, 0.1) is 5.92 Å². The number of hydrogen-bond donors (Lipinski definition) is 1. The summed E-state index contributed by atoms with van der Waals surface area (Å²) >= 11 is 0. The van der Waals surface area contributed by atoms with E-state index < -0.39 is 0 Å². The Balaban J connectivity index is 2.13. The predicted molar refractivity (Wildman–Crippen MR) is 69.6 cm³/mol. The van der Waals surface area contributed by atoms with Crippen molar-refractivity contribution in [3.8, 4) is 0 Å². The van der Waals surface area contributed by atoms with Gasteiger partial charge in [-0.05, 0) is 19.4 Å². The van der Waals surface area contributed by atoms with Gasteiger partial charge in [-0.1, -0.05) is 35.5 Å². The Morgan fingerprint density at radius 1 is 1.44 bits per heavy atom. The molecule has 18 heavy (non-hydrogen) atoms. The number of likely N-dealkylation sites (tertiary alicyclic amines) is 1. The molecule has 0 aromatic heterocycles. The molecule has 0 aliphatic carbocycles. The SMILES string of the molecule is C/C(=N\O)[C@H]1CC(=O)N([C@@H](C)c2ccccc2)C1. The van der Waals surface area contributed by atoms with Gasteiger partial charge in [0, 0.05) is 18.9 Å². The molecule has 96 valence electrons. The minimum absolute atomic E-state index is 0.0358. The van der Waals surface area contributed by atoms with Gasteiger partial charge in [0.2, 0.25) is 5.91 Å². The molecule has 1 N–H and O–H groups in total. The third-order valence-electron chi connectivity index (χ3n) is 3.66. The van der Waals surface area contributed by atoms with Crippen molar-refractivity contribution < 1.29 is 10.0 Å². The molecule has 4 heteroatoms. The lowest BCUT2D eigenvalue weighted by atomic mass is 10.0. The molecule has 1 heterocycles. The Hall–Kier alpha value is -1.84. The molecule has 2 rings (SSSR count). The molecule has 1 amide bonds. The normalized spacial score (nSPS) is 22.3. The van der Waals surface area contributed by atoms with E-state index in [0.717, 1.165) is 5.56 Å². The van der Waals surface area contributed by atoms with Crippen molar-refractivity contribution in [2.75, 3.05) is 6.54 Å². The van der Waals surface area contributed by atoms with E-state index in [1.807, 2.05) is 42.2 Å². The number of hydrogen-bond acceptors (Lipinski definition) is 3. The van der Waals surface area contributed by atoms with E-state index in [1.165, 1.54) is 0 Å². The quantitative estimate of drug-likeness (QED) is 0.506. The highest BCUT2D eigenvalue weighted by molar-refractivity contribution is 5.92. The van der Waals surface area contributed by atoms with Crippen LogP contribution < -0.4 is 0 Å². The smallest absolute Gasteiger partial charge is 0.223 e. The average molecular weight is 246 g/mol. The summed E-state index contributed by atoms with van der Waals surface area (Å²) in [6.07, 6.45) is 0.438. The second-order valence-corrected chi connectivity index (χ2v) is 4.78. The van der Waals surface area contributed by atoms with Gasteiger partial charge < -0.3 is 10.1 Å². The van der Waals surface area contributed by atoms with Crippen molar-refractivity contribution in [2.45, 2.75) is 26.3 Å². The number of benzene rings is 1. The zero-order valence-electron chi connectivity index (χ0n) is 10.7. The zero-order chi connectivity index (χ0) is 13.1. The molecular formula is C14H18N2O2. The third kappa shape index (κ3) is 2.37. The van der Waals surface area contributed by atoms with Crippen LogP contribution in [0.25, 0.3) is 0 Å². The molecule has 4 nitrogen and oxygen atoms in total. The monoisotopic (exact) mass is 246 g/mol. The number of carbonyl (C=O) groups excluding carboxylic acids is 1. The molecule has 1 fully saturated rings. The van der Waals surface area contributed by atoms with E-state index in [-0.39, 0.29) is 17.9 Å². The number of rotatable bonds is 3. The first kappa shape index (κ1) is 12.6. The lowest BCUT2D eigenvalue weighted by Gasteiger charge is -2.25. The minimum Gasteiger partial charge on any atom is -0.411 e. The van der Waals surface area contributed by atoms with Gasteiger partial charge in [0.1, 0.15) is 0 Å². The molecular weight excluding hydrogens is 228 g/mol. The second kappa shape index (κ2) is 5.21. The molecule has 1 aliphatic rings. The van der Waals surface area contributed by atoms with Crippen molar-refractivity contribution in [2.24, 2.45) is 11.1 Å². The first-order chi connectivity index (χ1) is 8.63. The van der Waals surface area contributed by atoms with E-state index >= 15 is 0 Å². The van der Waals surface area contributed by atoms with Crippen LogP contribution in [0.1, 0.15) is 31.9 Å². The minimum atomic E-state index is 0.0358. The summed E-state index contributed by atoms with van der Waals surface area (Å²) in [4.78, 5) is 13.9. The van der Waals surface area contributed by atoms with Gasteiger partial charge in [-0.3, -0.25) is 4.79 Å². The Labute approximate surface area is 107 Å². The van der Waals surface area contributed by atoms with E-state index in [2.05, 4.69) is 5.16 Å². The molecule has 1 saturated heterocycles. The van der Waals surface area contributed by atoms with E-state index in [4.69, 9.17) is 5.21 Å². The summed E-state index contributed by atoms with van der Waals surface area (Å²) < 4.78 is 0. The topological polar surface area (TPSA) is 52.9 Å². The lowest BCUT2D eigenvalue weighted by Crippen LogP contribution is -2.29. The maximum atomic E-state index is 12.0. The average Bonchev–Trinajstić information content (AvgIpc) is 2.80. The van der Waals surface area contributed by atoms with Crippen LogP contribution in [-0.4, -0.2) is 28.3 Å². The molecule has 1 aliphatic heterocycles. The van der Waals surface area contributed by atoms with E-state index in [1.54, 1.807) is 6.92 Å². The standard InChI is InChI=1S/C14H18N2O2/c1-10(15-18)13-8-14(17)16(9-13)11(2)12-6-4-3-5-7-12/h3-7,11,13,18H,8-9H2,1-2H3/b15-10+/t11-,13-/m0/s1. The van der Waals surface area contributed by atoms with Crippen LogP contribution in [0.4, 0.5) is 0 Å². The third-order valence-corrected chi connectivity index (χ3v) is 3.66. The first-order valence-corrected chi connectivity index (χ1v) is 6.16. The van der Waals surface area contributed by atoms with Gasteiger partial charge in [0.15, 0.2) is 0 Å². The van der Waals surface area contributed by atoms with Crippen LogP contribution in [0.5, 0.6) is 0 Å². The molecule has 1 aromatic carbocycles. The molecule has 2 atom stereocenters. The fourth-order valence-corrected chi connectivity index (χ4v) is 2.38. The number of amides is 1. The van der Waals surface area contributed by atoms with E-state index in [9.17, 15) is 4.79 Å². The van der Waals surface area contributed by atoms with Crippen LogP contribution in [0.3, 0.4) is 0 Å². The second-order valence-electron chi connectivity index (χ2n) is 4.78. The number of oxime groups is 1. The van der Waals surface area contributed by atoms with Crippen molar-refractivity contribution in [1.29, 1.82) is 0 Å². The number of carbonyl (C=O) groups is 1. The van der Waals surface area contributed by atoms with Gasteiger partial charge in [0.25, 0.3) is 0 Å². The lowest BCUT2D eigenvalue weighted by molar-refractivity contribution is -0.129. The van der Waals surface area contributed by atoms with Gasteiger partial charge >= 0.3 is 0 Å². The highest BCUT2D eigenvalue weighted by atomic mass is 16.4. The summed E-state index contributed by atoms with van der Waals surface area (Å²) in [5, 5.41) is 12.0. The van der Waals surface area contributed by atoms with Crippen molar-refractivity contribution in [1.82, 2.24) is 4.90 Å². The van der Waals surface area contributed by atoms with Crippen LogP contribution >= 0.6 is 0 Å². The van der Waals surface area contributed by atoms with Gasteiger partial charge in [-0.15, -0.1) is 0 Å². The maximum absolute atomic E-state index is 12.0. The zero-order valence-corrected chi connectivity index (χ0v) is 10.7. The summed E-state index contributed by atoms with van der Waals surface area (Å²) in [6, 6.07) is 10.0. The molecule has 0 unspecified atom stereocenters. The fourth-order valence-electron chi connectivity index (χ4n) is 2.38. The number of nitrogens with zero attached hydrogens (tertiary/aromatic N) is 2. The first-order valence-electron chi connectivity index (χ1n) is 6.16. The molecule has 0 saturated carbocycles. The summed E-state index contributed by atoms with van der Waals surface area (Å²) in [5.74, 6) is 0.160. The molecule has 0 radical (unpaired) electrons. The van der Waals surface area contributed by atoms with Crippen LogP contribution in [0.2, 0.25) is 0 Å². The summed E-state index contributed by atoms with van der Waals surface area (Å²) in [7, 11) is 0. The van der Waals surface area contributed by atoms with E-state index in [0.29, 0.717) is 18.7 Å². The maximum Gasteiger partial charge on any atom is 0.223 e.